The monoisotopic (exact) mass is 608 g/mol. The summed E-state index contributed by atoms with van der Waals surface area (Å²) in [7, 11) is 0. The largest absolute Gasteiger partial charge is 0.465 e. The van der Waals surface area contributed by atoms with Gasteiger partial charge in [-0.05, 0) is 63.7 Å². The van der Waals surface area contributed by atoms with E-state index in [-0.39, 0.29) is 11.9 Å². The maximum absolute atomic E-state index is 13.3. The number of carbonyl (C=O) groups excluding carboxylic acids is 1. The van der Waals surface area contributed by atoms with Gasteiger partial charge in [-0.1, -0.05) is 91.0 Å². The summed E-state index contributed by atoms with van der Waals surface area (Å²) < 4.78 is 2.67. The number of aromatic nitrogens is 2. The Kier molecular flexibility index (Phi) is 7.32. The van der Waals surface area contributed by atoms with Gasteiger partial charge in [-0.3, -0.25) is 4.79 Å². The molecule has 1 aliphatic rings. The Morgan fingerprint density at radius 2 is 1.41 bits per heavy atom. The zero-order chi connectivity index (χ0) is 28.4. The second-order valence-electron chi connectivity index (χ2n) is 10.3. The van der Waals surface area contributed by atoms with Crippen molar-refractivity contribution in [3.8, 4) is 0 Å². The fraction of sp³-hybridized carbons (Fsp3) is 0.182. The van der Waals surface area contributed by atoms with Gasteiger partial charge in [-0.15, -0.1) is 0 Å². The third-order valence-corrected chi connectivity index (χ3v) is 8.40. The molecule has 5 aromatic rings. The number of likely N-dealkylation sites (tertiary alicyclic amines) is 1. The molecule has 7 nitrogen and oxygen atoms in total. The molecule has 1 fully saturated rings. The molecule has 1 aliphatic heterocycles. The lowest BCUT2D eigenvalue weighted by molar-refractivity contribution is 0.0888. The van der Waals surface area contributed by atoms with Crippen LogP contribution in [0.4, 0.5) is 4.79 Å². The molecular weight excluding hydrogens is 580 g/mol. The van der Waals surface area contributed by atoms with Crippen LogP contribution in [0.5, 0.6) is 0 Å². The second-order valence-corrected chi connectivity index (χ2v) is 11.0. The number of benzene rings is 4. The van der Waals surface area contributed by atoms with Crippen LogP contribution in [0, 0.1) is 0 Å². The van der Waals surface area contributed by atoms with E-state index in [0.717, 1.165) is 40.4 Å². The van der Waals surface area contributed by atoms with Crippen LogP contribution >= 0.6 is 15.9 Å². The van der Waals surface area contributed by atoms with Gasteiger partial charge in [0, 0.05) is 30.1 Å². The molecule has 8 heteroatoms. The van der Waals surface area contributed by atoms with Gasteiger partial charge in [0.1, 0.15) is 10.1 Å². The first kappa shape index (κ1) is 26.8. The van der Waals surface area contributed by atoms with E-state index < -0.39 is 11.6 Å². The Morgan fingerprint density at radius 3 is 1.95 bits per heavy atom. The zero-order valence-electron chi connectivity index (χ0n) is 22.3. The van der Waals surface area contributed by atoms with Crippen molar-refractivity contribution in [1.82, 2.24) is 20.0 Å². The molecule has 0 bridgehead atoms. The summed E-state index contributed by atoms with van der Waals surface area (Å²) in [6, 6.07) is 36.3. The summed E-state index contributed by atoms with van der Waals surface area (Å²) in [6.45, 7) is 0.782. The molecule has 0 unspecified atom stereocenters. The first-order chi connectivity index (χ1) is 20.0. The molecule has 6 rings (SSSR count). The van der Waals surface area contributed by atoms with Crippen molar-refractivity contribution in [2.24, 2.45) is 0 Å². The van der Waals surface area contributed by atoms with Crippen LogP contribution in [0.15, 0.2) is 114 Å². The zero-order valence-corrected chi connectivity index (χ0v) is 23.9. The van der Waals surface area contributed by atoms with Crippen LogP contribution in [0.3, 0.4) is 0 Å². The number of halogens is 1. The Balaban J connectivity index is 1.48. The Hall–Kier alpha value is -4.43. The maximum Gasteiger partial charge on any atom is 0.407 e. The van der Waals surface area contributed by atoms with Crippen molar-refractivity contribution in [2.75, 3.05) is 13.1 Å². The molecular formula is C33H29BrN4O3. The van der Waals surface area contributed by atoms with Gasteiger partial charge >= 0.3 is 6.09 Å². The average molecular weight is 610 g/mol. The van der Waals surface area contributed by atoms with E-state index in [9.17, 15) is 14.7 Å². The summed E-state index contributed by atoms with van der Waals surface area (Å²) in [5, 5.41) is 18.3. The van der Waals surface area contributed by atoms with E-state index in [1.54, 1.807) is 0 Å². The molecule has 0 radical (unpaired) electrons. The van der Waals surface area contributed by atoms with E-state index >= 15 is 0 Å². The highest BCUT2D eigenvalue weighted by atomic mass is 79.9. The molecule has 2 N–H and O–H groups in total. The minimum atomic E-state index is -0.958. The summed E-state index contributed by atoms with van der Waals surface area (Å²) >= 11 is 3.70. The van der Waals surface area contributed by atoms with Gasteiger partial charge in [0.05, 0.1) is 5.52 Å². The standard InChI is InChI=1S/C33H29BrN4O3/c34-30-28-21-23(31(39)35-27-17-10-20-37(22-27)32(40)41)18-19-29(28)38(36-30)33(24-11-4-1-5-12-24,25-13-6-2-7-14-25)26-15-8-3-9-16-26/h1-9,11-16,18-19,21,27H,10,17,20,22H2,(H,35,39)(H,40,41)/t27-/m1/s1. The van der Waals surface area contributed by atoms with Crippen molar-refractivity contribution in [3.63, 3.8) is 0 Å². The van der Waals surface area contributed by atoms with Crippen molar-refractivity contribution < 1.29 is 14.7 Å². The first-order valence-electron chi connectivity index (χ1n) is 13.6. The number of nitrogens with zero attached hydrogens (tertiary/aromatic N) is 3. The van der Waals surface area contributed by atoms with Crippen LogP contribution in [0.25, 0.3) is 10.9 Å². The number of hydrogen-bond acceptors (Lipinski definition) is 3. The second kappa shape index (κ2) is 11.2. The fourth-order valence-electron chi connectivity index (χ4n) is 5.92. The number of rotatable bonds is 6. The lowest BCUT2D eigenvalue weighted by atomic mass is 9.77. The molecule has 0 saturated carbocycles. The van der Waals surface area contributed by atoms with E-state index in [2.05, 4.69) is 57.6 Å². The molecule has 1 aromatic heterocycles. The number of carbonyl (C=O) groups is 2. The Labute approximate surface area is 246 Å². The van der Waals surface area contributed by atoms with Crippen LogP contribution in [0.2, 0.25) is 0 Å². The third kappa shape index (κ3) is 4.89. The summed E-state index contributed by atoms with van der Waals surface area (Å²) in [6.07, 6.45) is 0.503. The maximum atomic E-state index is 13.3. The van der Waals surface area contributed by atoms with Gasteiger partial charge in [0.2, 0.25) is 0 Å². The van der Waals surface area contributed by atoms with Gasteiger partial charge < -0.3 is 15.3 Å². The van der Waals surface area contributed by atoms with Crippen molar-refractivity contribution >= 4 is 38.8 Å². The Bertz CT molecular complexity index is 1590. The first-order valence-corrected chi connectivity index (χ1v) is 14.4. The predicted molar refractivity (Wildman–Crippen MR) is 162 cm³/mol. The minimum Gasteiger partial charge on any atom is -0.465 e. The smallest absolute Gasteiger partial charge is 0.407 e. The number of fused-ring (bicyclic) bond motifs is 1. The van der Waals surface area contributed by atoms with E-state index in [4.69, 9.17) is 5.10 Å². The number of hydrogen-bond donors (Lipinski definition) is 2. The van der Waals surface area contributed by atoms with Gasteiger partial charge in [-0.2, -0.15) is 5.10 Å². The number of nitrogens with one attached hydrogen (secondary N) is 1. The minimum absolute atomic E-state index is 0.226. The highest BCUT2D eigenvalue weighted by molar-refractivity contribution is 9.10. The summed E-state index contributed by atoms with van der Waals surface area (Å²) in [4.78, 5) is 26.1. The third-order valence-electron chi connectivity index (χ3n) is 7.82. The Morgan fingerprint density at radius 1 is 0.854 bits per heavy atom. The molecule has 2 heterocycles. The van der Waals surface area contributed by atoms with Gasteiger partial charge in [0.25, 0.3) is 5.91 Å². The van der Waals surface area contributed by atoms with Crippen molar-refractivity contribution in [1.29, 1.82) is 0 Å². The predicted octanol–water partition coefficient (Wildman–Crippen LogP) is 6.51. The molecule has 0 aliphatic carbocycles. The van der Waals surface area contributed by atoms with Gasteiger partial charge in [-0.25, -0.2) is 9.48 Å². The van der Waals surface area contributed by atoms with Crippen LogP contribution in [-0.4, -0.2) is 50.9 Å². The van der Waals surface area contributed by atoms with Crippen LogP contribution < -0.4 is 5.32 Å². The van der Waals surface area contributed by atoms with E-state index in [0.29, 0.717) is 23.3 Å². The van der Waals surface area contributed by atoms with E-state index in [1.807, 2.05) is 77.5 Å². The summed E-state index contributed by atoms with van der Waals surface area (Å²) in [5.41, 5.74) is 3.72. The highest BCUT2D eigenvalue weighted by Crippen LogP contribution is 2.43. The number of carboxylic acid groups (broad SMARTS) is 1. The molecule has 0 spiro atoms. The lowest BCUT2D eigenvalue weighted by Gasteiger charge is -2.37. The molecule has 206 valence electrons. The quantitative estimate of drug-likeness (QED) is 0.215. The normalized spacial score (nSPS) is 15.5. The molecule has 1 saturated heterocycles. The molecule has 2 amide bonds. The molecule has 1 atom stereocenters. The average Bonchev–Trinajstić information content (AvgIpc) is 3.35. The van der Waals surface area contributed by atoms with Crippen LogP contribution in [-0.2, 0) is 5.54 Å². The molecule has 41 heavy (non-hydrogen) atoms. The number of piperidine rings is 1. The van der Waals surface area contributed by atoms with Crippen LogP contribution in [0.1, 0.15) is 39.9 Å². The molecule has 4 aromatic carbocycles. The van der Waals surface area contributed by atoms with Gasteiger partial charge in [0.15, 0.2) is 0 Å². The van der Waals surface area contributed by atoms with Crippen molar-refractivity contribution in [3.05, 3.63) is 136 Å². The fourth-order valence-corrected chi connectivity index (χ4v) is 6.40. The van der Waals surface area contributed by atoms with Crippen molar-refractivity contribution in [2.45, 2.75) is 24.4 Å². The number of amides is 2. The topological polar surface area (TPSA) is 87.5 Å². The summed E-state index contributed by atoms with van der Waals surface area (Å²) in [5.74, 6) is -0.232. The lowest BCUT2D eigenvalue weighted by Crippen LogP contribution is -2.49. The SMILES string of the molecule is O=C(N[C@@H]1CCCN(C(=O)O)C1)c1ccc2c(c1)c(Br)nn2C(c1ccccc1)(c1ccccc1)c1ccccc1. The highest BCUT2D eigenvalue weighted by Gasteiger charge is 2.40. The van der Waals surface area contributed by atoms with E-state index in [1.165, 1.54) is 4.90 Å².